The molecule has 1 N–H and O–H groups in total. The first kappa shape index (κ1) is 24.7. The normalized spacial score (nSPS) is 19.1. The molecule has 2 atom stereocenters. The predicted molar refractivity (Wildman–Crippen MR) is 149 cm³/mol. The number of hydrogen-bond acceptors (Lipinski definition) is 7. The van der Waals surface area contributed by atoms with Crippen LogP contribution in [0.2, 0.25) is 0 Å². The lowest BCUT2D eigenvalue weighted by molar-refractivity contribution is 0.0695. The molecule has 4 heterocycles. The van der Waals surface area contributed by atoms with Crippen molar-refractivity contribution in [2.24, 2.45) is 0 Å². The third kappa shape index (κ3) is 4.32. The molecule has 0 unspecified atom stereocenters. The molecular weight excluding hydrogens is 494 g/mol. The molecule has 4 aromatic rings. The molecule has 2 aliphatic rings. The molecule has 2 aromatic heterocycles. The van der Waals surface area contributed by atoms with Crippen molar-refractivity contribution in [3.8, 4) is 23.0 Å². The number of aromatic nitrogens is 2. The Balaban J connectivity index is 1.48. The first-order chi connectivity index (χ1) is 18.8. The van der Waals surface area contributed by atoms with Crippen LogP contribution in [-0.4, -0.2) is 45.8 Å². The number of anilines is 2. The lowest BCUT2D eigenvalue weighted by atomic mass is 10.0. The maximum atomic E-state index is 12.8. The smallest absolute Gasteiger partial charge is 0.341 e. The van der Waals surface area contributed by atoms with Gasteiger partial charge in [-0.15, -0.1) is 0 Å². The van der Waals surface area contributed by atoms with Crippen LogP contribution in [0.4, 0.5) is 11.7 Å². The third-order valence-corrected chi connectivity index (χ3v) is 7.95. The molecule has 0 amide bonds. The van der Waals surface area contributed by atoms with Gasteiger partial charge in [0.05, 0.1) is 16.9 Å². The van der Waals surface area contributed by atoms with E-state index in [-0.39, 0.29) is 5.56 Å². The summed E-state index contributed by atoms with van der Waals surface area (Å²) in [4.78, 5) is 33.8. The number of pyridine rings is 1. The molecular formula is C30H29N5O4. The van der Waals surface area contributed by atoms with Crippen molar-refractivity contribution < 1.29 is 14.3 Å². The zero-order chi connectivity index (χ0) is 27.3. The summed E-state index contributed by atoms with van der Waals surface area (Å²) in [6.07, 6.45) is 5.66. The lowest BCUT2D eigenvalue weighted by Crippen LogP contribution is -2.32. The van der Waals surface area contributed by atoms with Crippen LogP contribution in [0.5, 0.6) is 0 Å². The maximum Gasteiger partial charge on any atom is 0.341 e. The molecule has 0 saturated carbocycles. The van der Waals surface area contributed by atoms with Crippen molar-refractivity contribution >= 4 is 28.8 Å². The largest absolute Gasteiger partial charge is 0.477 e. The minimum Gasteiger partial charge on any atom is -0.477 e. The SMILES string of the molecule is C[C@@H]1CC[C@H](C)N1c1nc2ccc(-n3cc(C(=O)O)c(=O)cc3-c3ccc(N4CCCC4)c(C#N)c3)cc2o1. The van der Waals surface area contributed by atoms with E-state index in [0.717, 1.165) is 44.5 Å². The van der Waals surface area contributed by atoms with E-state index in [9.17, 15) is 20.0 Å². The van der Waals surface area contributed by atoms with Gasteiger partial charge in [-0.3, -0.25) is 4.79 Å². The average Bonchev–Trinajstić information content (AvgIpc) is 3.67. The van der Waals surface area contributed by atoms with Crippen LogP contribution in [-0.2, 0) is 0 Å². The highest BCUT2D eigenvalue weighted by Gasteiger charge is 2.31. The number of hydrogen-bond donors (Lipinski definition) is 1. The fraction of sp³-hybridized carbons (Fsp3) is 0.333. The number of rotatable bonds is 5. The molecule has 2 aromatic carbocycles. The van der Waals surface area contributed by atoms with Gasteiger partial charge in [0.15, 0.2) is 11.0 Å². The first-order valence-electron chi connectivity index (χ1n) is 13.3. The van der Waals surface area contributed by atoms with E-state index in [4.69, 9.17) is 9.40 Å². The minimum atomic E-state index is -1.30. The number of nitriles is 1. The fourth-order valence-electron chi connectivity index (χ4n) is 5.88. The van der Waals surface area contributed by atoms with Crippen molar-refractivity contribution in [2.45, 2.75) is 51.6 Å². The maximum absolute atomic E-state index is 12.8. The number of carbonyl (C=O) groups is 1. The van der Waals surface area contributed by atoms with Gasteiger partial charge in [0, 0.05) is 54.8 Å². The van der Waals surface area contributed by atoms with Gasteiger partial charge in [0.25, 0.3) is 6.01 Å². The molecule has 198 valence electrons. The quantitative estimate of drug-likeness (QED) is 0.380. The van der Waals surface area contributed by atoms with Gasteiger partial charge >= 0.3 is 5.97 Å². The molecule has 0 radical (unpaired) electrons. The summed E-state index contributed by atoms with van der Waals surface area (Å²) in [5, 5.41) is 19.6. The molecule has 9 nitrogen and oxygen atoms in total. The Morgan fingerprint density at radius 2 is 1.82 bits per heavy atom. The molecule has 0 bridgehead atoms. The molecule has 6 rings (SSSR count). The Morgan fingerprint density at radius 3 is 2.51 bits per heavy atom. The summed E-state index contributed by atoms with van der Waals surface area (Å²) in [5.74, 6) is -1.30. The number of nitrogens with zero attached hydrogens (tertiary/aromatic N) is 5. The standard InChI is InChI=1S/C30H29N5O4/c1-18-5-6-19(2)35(18)30-32-24-9-8-22(14-28(24)39-30)34-17-23(29(37)38)27(36)15-26(34)20-7-10-25(21(13-20)16-31)33-11-3-4-12-33/h7-10,13-15,17-19H,3-6,11-12H2,1-2H3,(H,37,38)/t18-,19+. The van der Waals surface area contributed by atoms with Gasteiger partial charge in [0.2, 0.25) is 0 Å². The van der Waals surface area contributed by atoms with Crippen molar-refractivity contribution in [3.63, 3.8) is 0 Å². The van der Waals surface area contributed by atoms with Crippen molar-refractivity contribution in [1.82, 2.24) is 9.55 Å². The zero-order valence-electron chi connectivity index (χ0n) is 21.9. The number of carboxylic acids is 1. The fourth-order valence-corrected chi connectivity index (χ4v) is 5.88. The zero-order valence-corrected chi connectivity index (χ0v) is 21.9. The van der Waals surface area contributed by atoms with Crippen LogP contribution in [0, 0.1) is 11.3 Å². The summed E-state index contributed by atoms with van der Waals surface area (Å²) in [6.45, 7) is 6.13. The van der Waals surface area contributed by atoms with E-state index in [2.05, 4.69) is 29.7 Å². The van der Waals surface area contributed by atoms with Gasteiger partial charge in [-0.25, -0.2) is 4.79 Å². The third-order valence-electron chi connectivity index (χ3n) is 7.95. The Bertz CT molecular complexity index is 1680. The highest BCUT2D eigenvalue weighted by molar-refractivity contribution is 5.88. The number of benzene rings is 2. The monoisotopic (exact) mass is 523 g/mol. The van der Waals surface area contributed by atoms with Crippen molar-refractivity contribution in [1.29, 1.82) is 5.26 Å². The van der Waals surface area contributed by atoms with Gasteiger partial charge in [-0.2, -0.15) is 10.2 Å². The molecule has 0 spiro atoms. The first-order valence-corrected chi connectivity index (χ1v) is 13.3. The Labute approximate surface area is 225 Å². The van der Waals surface area contributed by atoms with Crippen molar-refractivity contribution in [3.05, 3.63) is 70.0 Å². The van der Waals surface area contributed by atoms with Gasteiger partial charge in [-0.05, 0) is 63.8 Å². The van der Waals surface area contributed by atoms with Crippen LogP contribution in [0.25, 0.3) is 28.0 Å². The van der Waals surface area contributed by atoms with Crippen LogP contribution in [0.1, 0.15) is 55.5 Å². The van der Waals surface area contributed by atoms with Gasteiger partial charge in [0.1, 0.15) is 17.1 Å². The van der Waals surface area contributed by atoms with Crippen LogP contribution < -0.4 is 15.2 Å². The number of aromatic carboxylic acids is 1. The number of fused-ring (bicyclic) bond motifs is 1. The van der Waals surface area contributed by atoms with Gasteiger partial charge in [-0.1, -0.05) is 6.07 Å². The lowest BCUT2D eigenvalue weighted by Gasteiger charge is -2.23. The van der Waals surface area contributed by atoms with E-state index in [1.807, 2.05) is 24.3 Å². The Kier molecular flexibility index (Phi) is 6.10. The molecule has 0 aliphatic carbocycles. The average molecular weight is 524 g/mol. The van der Waals surface area contributed by atoms with E-state index >= 15 is 0 Å². The summed E-state index contributed by atoms with van der Waals surface area (Å²) in [5.41, 5.74) is 3.45. The van der Waals surface area contributed by atoms with E-state index in [1.54, 1.807) is 16.7 Å². The molecule has 9 heteroatoms. The summed E-state index contributed by atoms with van der Waals surface area (Å²) in [7, 11) is 0. The van der Waals surface area contributed by atoms with Crippen LogP contribution in [0.3, 0.4) is 0 Å². The van der Waals surface area contributed by atoms with Crippen LogP contribution >= 0.6 is 0 Å². The highest BCUT2D eigenvalue weighted by Crippen LogP contribution is 2.34. The molecule has 2 saturated heterocycles. The second kappa shape index (κ2) is 9.62. The summed E-state index contributed by atoms with van der Waals surface area (Å²) in [6, 6.07) is 15.9. The van der Waals surface area contributed by atoms with Crippen molar-refractivity contribution in [2.75, 3.05) is 22.9 Å². The van der Waals surface area contributed by atoms with Crippen LogP contribution in [0.15, 0.2) is 57.9 Å². The van der Waals surface area contributed by atoms with Gasteiger partial charge < -0.3 is 23.9 Å². The minimum absolute atomic E-state index is 0.328. The predicted octanol–water partition coefficient (Wildman–Crippen LogP) is 5.19. The number of oxazole rings is 1. The summed E-state index contributed by atoms with van der Waals surface area (Å²) < 4.78 is 7.85. The molecule has 39 heavy (non-hydrogen) atoms. The van der Waals surface area contributed by atoms with E-state index in [0.29, 0.717) is 51.7 Å². The summed E-state index contributed by atoms with van der Waals surface area (Å²) >= 11 is 0. The second-order valence-corrected chi connectivity index (χ2v) is 10.5. The second-order valence-electron chi connectivity index (χ2n) is 10.5. The molecule has 2 fully saturated rings. The number of carboxylic acid groups (broad SMARTS) is 1. The highest BCUT2D eigenvalue weighted by atomic mass is 16.4. The topological polar surface area (TPSA) is 116 Å². The molecule has 2 aliphatic heterocycles. The van der Waals surface area contributed by atoms with E-state index in [1.165, 1.54) is 12.3 Å². The van der Waals surface area contributed by atoms with E-state index < -0.39 is 11.4 Å². The Morgan fingerprint density at radius 1 is 1.08 bits per heavy atom. The Hall–Kier alpha value is -4.58.